The molecule has 3 aromatic rings. The summed E-state index contributed by atoms with van der Waals surface area (Å²) in [6.45, 7) is 4.89. The van der Waals surface area contributed by atoms with Crippen LogP contribution in [0.4, 0.5) is 10.2 Å². The third kappa shape index (κ3) is 6.89. The SMILES string of the molecule is Cc1nc(-c2nnn(C)c2CNc2ccnc(OCC(C)(C)F)n2)ccc1O[C@H]1CCC[C@H](C(=O)O)C1. The number of hydrogen-bond acceptors (Lipinski definition) is 9. The summed E-state index contributed by atoms with van der Waals surface area (Å²) >= 11 is 0. The van der Waals surface area contributed by atoms with Crippen LogP contribution in [-0.2, 0) is 18.4 Å². The van der Waals surface area contributed by atoms with Gasteiger partial charge in [-0.15, -0.1) is 5.10 Å². The van der Waals surface area contributed by atoms with E-state index in [1.165, 1.54) is 20.0 Å². The lowest BCUT2D eigenvalue weighted by Gasteiger charge is -2.27. The van der Waals surface area contributed by atoms with Crippen molar-refractivity contribution in [2.45, 2.75) is 64.8 Å². The van der Waals surface area contributed by atoms with Crippen LogP contribution in [0.3, 0.4) is 0 Å². The van der Waals surface area contributed by atoms with Crippen molar-refractivity contribution in [3.8, 4) is 23.1 Å². The number of pyridine rings is 1. The Balaban J connectivity index is 1.44. The van der Waals surface area contributed by atoms with E-state index in [2.05, 4.69) is 30.6 Å². The molecule has 1 fully saturated rings. The summed E-state index contributed by atoms with van der Waals surface area (Å²) in [5.41, 5.74) is 1.22. The maximum absolute atomic E-state index is 13.7. The molecule has 12 heteroatoms. The van der Waals surface area contributed by atoms with Crippen molar-refractivity contribution in [3.05, 3.63) is 35.8 Å². The first-order valence-corrected chi connectivity index (χ1v) is 12.2. The van der Waals surface area contributed by atoms with Crippen molar-refractivity contribution < 1.29 is 23.8 Å². The van der Waals surface area contributed by atoms with Crippen molar-refractivity contribution >= 4 is 11.8 Å². The number of carbonyl (C=O) groups is 1. The molecule has 4 rings (SSSR count). The minimum Gasteiger partial charge on any atom is -0.489 e. The highest BCUT2D eigenvalue weighted by atomic mass is 19.1. The lowest BCUT2D eigenvalue weighted by molar-refractivity contribution is -0.143. The molecule has 1 aliphatic carbocycles. The fraction of sp³-hybridized carbons (Fsp3) is 0.520. The van der Waals surface area contributed by atoms with E-state index in [1.807, 2.05) is 19.1 Å². The van der Waals surface area contributed by atoms with Gasteiger partial charge in [0.1, 0.15) is 29.5 Å². The maximum atomic E-state index is 13.7. The third-order valence-corrected chi connectivity index (χ3v) is 6.11. The average Bonchev–Trinajstić information content (AvgIpc) is 3.23. The highest BCUT2D eigenvalue weighted by Crippen LogP contribution is 2.30. The van der Waals surface area contributed by atoms with Crippen LogP contribution in [-0.4, -0.2) is 59.4 Å². The second kappa shape index (κ2) is 11.1. The van der Waals surface area contributed by atoms with Crippen molar-refractivity contribution in [1.29, 1.82) is 0 Å². The average molecular weight is 514 g/mol. The lowest BCUT2D eigenvalue weighted by Crippen LogP contribution is -2.29. The summed E-state index contributed by atoms with van der Waals surface area (Å²) in [6, 6.07) is 5.43. The Bertz CT molecular complexity index is 1240. The van der Waals surface area contributed by atoms with Crippen LogP contribution < -0.4 is 14.8 Å². The molecule has 3 aromatic heterocycles. The van der Waals surface area contributed by atoms with E-state index in [1.54, 1.807) is 17.8 Å². The summed E-state index contributed by atoms with van der Waals surface area (Å²) in [7, 11) is 1.79. The van der Waals surface area contributed by atoms with E-state index in [-0.39, 0.29) is 24.6 Å². The van der Waals surface area contributed by atoms with Gasteiger partial charge in [-0.1, -0.05) is 5.21 Å². The van der Waals surface area contributed by atoms with Crippen molar-refractivity contribution in [2.24, 2.45) is 13.0 Å². The van der Waals surface area contributed by atoms with Gasteiger partial charge in [0.2, 0.25) is 0 Å². The molecular weight excluding hydrogens is 481 g/mol. The molecule has 37 heavy (non-hydrogen) atoms. The van der Waals surface area contributed by atoms with Gasteiger partial charge in [0.05, 0.1) is 35.6 Å². The van der Waals surface area contributed by atoms with Crippen LogP contribution >= 0.6 is 0 Å². The number of aliphatic carboxylic acids is 1. The van der Waals surface area contributed by atoms with E-state index in [0.717, 1.165) is 18.5 Å². The second-order valence-corrected chi connectivity index (χ2v) is 9.82. The molecular formula is C25H32FN7O4. The summed E-state index contributed by atoms with van der Waals surface area (Å²) in [5, 5.41) is 21.0. The Morgan fingerprint density at radius 3 is 2.81 bits per heavy atom. The van der Waals surface area contributed by atoms with Crippen molar-refractivity contribution in [2.75, 3.05) is 11.9 Å². The highest BCUT2D eigenvalue weighted by molar-refractivity contribution is 5.70. The largest absolute Gasteiger partial charge is 0.489 e. The van der Waals surface area contributed by atoms with Crippen LogP contribution in [0.15, 0.2) is 24.4 Å². The molecule has 1 aliphatic rings. The van der Waals surface area contributed by atoms with E-state index in [9.17, 15) is 14.3 Å². The molecule has 0 aliphatic heterocycles. The van der Waals surface area contributed by atoms with Gasteiger partial charge in [-0.3, -0.25) is 4.79 Å². The van der Waals surface area contributed by atoms with Gasteiger partial charge in [-0.25, -0.2) is 19.0 Å². The molecule has 2 atom stereocenters. The number of halogens is 1. The first kappa shape index (κ1) is 26.2. The van der Waals surface area contributed by atoms with Gasteiger partial charge in [-0.05, 0) is 64.7 Å². The van der Waals surface area contributed by atoms with Gasteiger partial charge in [0.15, 0.2) is 0 Å². The molecule has 2 N–H and O–H groups in total. The minimum atomic E-state index is -1.49. The number of alkyl halides is 1. The van der Waals surface area contributed by atoms with Gasteiger partial charge in [0, 0.05) is 13.2 Å². The molecule has 3 heterocycles. The number of hydrogen-bond donors (Lipinski definition) is 2. The first-order valence-electron chi connectivity index (χ1n) is 12.2. The Kier molecular flexibility index (Phi) is 7.84. The number of aromatic nitrogens is 6. The minimum absolute atomic E-state index is 0.0830. The quantitative estimate of drug-likeness (QED) is 0.412. The molecule has 198 valence electrons. The van der Waals surface area contributed by atoms with Crippen LogP contribution in [0.5, 0.6) is 11.8 Å². The lowest BCUT2D eigenvalue weighted by atomic mass is 9.87. The Labute approximate surface area is 214 Å². The van der Waals surface area contributed by atoms with Gasteiger partial charge in [0.25, 0.3) is 0 Å². The normalized spacial score (nSPS) is 17.9. The molecule has 0 bridgehead atoms. The van der Waals surface area contributed by atoms with Gasteiger partial charge in [-0.2, -0.15) is 4.98 Å². The smallest absolute Gasteiger partial charge is 0.318 e. The van der Waals surface area contributed by atoms with E-state index in [4.69, 9.17) is 9.47 Å². The highest BCUT2D eigenvalue weighted by Gasteiger charge is 2.28. The number of anilines is 1. The van der Waals surface area contributed by atoms with E-state index < -0.39 is 11.6 Å². The maximum Gasteiger partial charge on any atom is 0.318 e. The van der Waals surface area contributed by atoms with E-state index >= 15 is 0 Å². The summed E-state index contributed by atoms with van der Waals surface area (Å²) in [4.78, 5) is 24.3. The molecule has 0 amide bonds. The standard InChI is InChI=1S/C25H32FN7O4/c1-15-20(37-17-7-5-6-16(12-17)23(34)35)9-8-18(29-15)22-19(33(4)32-31-22)13-28-21-10-11-27-24(30-21)36-14-25(2,3)26/h8-11,16-17H,5-7,12-14H2,1-4H3,(H,34,35)(H,27,28,30)/t16-,17-/m0/s1. The predicted octanol–water partition coefficient (Wildman–Crippen LogP) is 3.74. The summed E-state index contributed by atoms with van der Waals surface area (Å²) < 4.78 is 26.8. The number of nitrogens with zero attached hydrogens (tertiary/aromatic N) is 6. The summed E-state index contributed by atoms with van der Waals surface area (Å²) in [6.07, 6.45) is 4.23. The van der Waals surface area contributed by atoms with Crippen molar-refractivity contribution in [3.63, 3.8) is 0 Å². The van der Waals surface area contributed by atoms with E-state index in [0.29, 0.717) is 48.0 Å². The molecule has 0 radical (unpaired) electrons. The van der Waals surface area contributed by atoms with Crippen molar-refractivity contribution in [1.82, 2.24) is 29.9 Å². The number of aryl methyl sites for hydroxylation is 2. The molecule has 0 aromatic carbocycles. The Hall–Kier alpha value is -3.83. The molecule has 0 spiro atoms. The monoisotopic (exact) mass is 513 g/mol. The molecule has 0 saturated heterocycles. The van der Waals surface area contributed by atoms with Gasteiger partial charge < -0.3 is 19.9 Å². The fourth-order valence-corrected chi connectivity index (χ4v) is 4.15. The zero-order valence-corrected chi connectivity index (χ0v) is 21.4. The predicted molar refractivity (Wildman–Crippen MR) is 133 cm³/mol. The van der Waals surface area contributed by atoms with Gasteiger partial charge >= 0.3 is 12.0 Å². The molecule has 0 unspecified atom stereocenters. The van der Waals surface area contributed by atoms with Crippen LogP contribution in [0.25, 0.3) is 11.4 Å². The second-order valence-electron chi connectivity index (χ2n) is 9.82. The number of ether oxygens (including phenoxy) is 2. The topological polar surface area (TPSA) is 137 Å². The molecule has 11 nitrogen and oxygen atoms in total. The number of carboxylic acids is 1. The van der Waals surface area contributed by atoms with Crippen LogP contribution in [0.1, 0.15) is 50.9 Å². The Morgan fingerprint density at radius 1 is 1.27 bits per heavy atom. The molecule has 1 saturated carbocycles. The zero-order chi connectivity index (χ0) is 26.6. The number of rotatable bonds is 10. The summed E-state index contributed by atoms with van der Waals surface area (Å²) in [5.74, 6) is 0.00731. The van der Waals surface area contributed by atoms with Crippen LogP contribution in [0, 0.1) is 12.8 Å². The number of nitrogens with one attached hydrogen (secondary N) is 1. The van der Waals surface area contributed by atoms with Crippen LogP contribution in [0.2, 0.25) is 0 Å². The zero-order valence-electron chi connectivity index (χ0n) is 21.4. The fourth-order valence-electron chi connectivity index (χ4n) is 4.15. The third-order valence-electron chi connectivity index (χ3n) is 6.11. The Morgan fingerprint density at radius 2 is 2.08 bits per heavy atom. The number of carboxylic acid groups (broad SMARTS) is 1. The first-order chi connectivity index (χ1) is 17.6.